The van der Waals surface area contributed by atoms with Crippen LogP contribution in [0.3, 0.4) is 0 Å². The van der Waals surface area contributed by atoms with E-state index in [0.29, 0.717) is 15.3 Å². The lowest BCUT2D eigenvalue weighted by atomic mass is 10.1. The molecule has 0 saturated heterocycles. The quantitative estimate of drug-likeness (QED) is 0.745. The molecule has 0 bridgehead atoms. The number of hydrogen-bond acceptors (Lipinski definition) is 5. The lowest BCUT2D eigenvalue weighted by Gasteiger charge is -2.18. The summed E-state index contributed by atoms with van der Waals surface area (Å²) in [6.45, 7) is 2.86. The van der Waals surface area contributed by atoms with Crippen LogP contribution in [0, 0.1) is 0 Å². The second kappa shape index (κ2) is 5.98. The van der Waals surface area contributed by atoms with E-state index in [0.717, 1.165) is 49.6 Å². The van der Waals surface area contributed by atoms with Crippen LogP contribution < -0.4 is 5.32 Å². The Balaban J connectivity index is 1.59. The number of thiazole rings is 1. The van der Waals surface area contributed by atoms with E-state index in [1.165, 1.54) is 17.4 Å². The van der Waals surface area contributed by atoms with E-state index in [2.05, 4.69) is 25.1 Å². The van der Waals surface area contributed by atoms with Crippen LogP contribution in [0.5, 0.6) is 0 Å². The van der Waals surface area contributed by atoms with Crippen molar-refractivity contribution < 1.29 is 13.2 Å². The highest BCUT2D eigenvalue weighted by atomic mass is 32.1. The Hall–Kier alpha value is -2.16. The molecular weight excluding hydrogens is 351 g/mol. The number of aryl methyl sites for hydroxylation is 1. The highest BCUT2D eigenvalue weighted by Crippen LogP contribution is 2.34. The molecule has 25 heavy (non-hydrogen) atoms. The van der Waals surface area contributed by atoms with Crippen LogP contribution in [-0.4, -0.2) is 19.7 Å². The van der Waals surface area contributed by atoms with Crippen molar-refractivity contribution in [3.05, 3.63) is 35.4 Å². The van der Waals surface area contributed by atoms with Crippen molar-refractivity contribution in [3.8, 4) is 0 Å². The van der Waals surface area contributed by atoms with Crippen LogP contribution in [0.1, 0.15) is 43.0 Å². The topological polar surface area (TPSA) is 55.6 Å². The number of anilines is 1. The number of hydrogen-bond donors (Lipinski definition) is 1. The molecule has 132 valence electrons. The molecule has 0 radical (unpaired) electrons. The predicted octanol–water partition coefficient (Wildman–Crippen LogP) is 4.42. The molecule has 1 unspecified atom stereocenters. The number of alkyl halides is 3. The van der Waals surface area contributed by atoms with Crippen molar-refractivity contribution in [1.82, 2.24) is 19.7 Å². The zero-order valence-electron chi connectivity index (χ0n) is 13.5. The molecule has 1 N–H and O–H groups in total. The van der Waals surface area contributed by atoms with Gasteiger partial charge < -0.3 is 9.88 Å². The molecule has 0 aliphatic carbocycles. The number of aromatic nitrogens is 4. The van der Waals surface area contributed by atoms with Gasteiger partial charge in [0, 0.05) is 13.0 Å². The van der Waals surface area contributed by atoms with Crippen LogP contribution >= 0.6 is 11.3 Å². The third-order valence-electron chi connectivity index (χ3n) is 4.33. The number of nitrogens with one attached hydrogen (secondary N) is 1. The summed E-state index contributed by atoms with van der Waals surface area (Å²) in [5, 5.41) is 12.3. The molecule has 9 heteroatoms. The summed E-state index contributed by atoms with van der Waals surface area (Å²) in [6, 6.07) is 3.51. The van der Waals surface area contributed by atoms with Crippen molar-refractivity contribution in [2.45, 2.75) is 44.9 Å². The second-order valence-electron chi connectivity index (χ2n) is 6.15. The number of fused-ring (bicyclic) bond motifs is 2. The molecule has 1 aromatic carbocycles. The Labute approximate surface area is 145 Å². The minimum atomic E-state index is -4.36. The van der Waals surface area contributed by atoms with Gasteiger partial charge >= 0.3 is 6.18 Å². The minimum Gasteiger partial charge on any atom is -0.352 e. The van der Waals surface area contributed by atoms with Gasteiger partial charge in [0.25, 0.3) is 0 Å². The monoisotopic (exact) mass is 367 g/mol. The standard InChI is InChI=1S/C16H16F3N5S/c1-9(14-23-22-13-4-2-3-7-24(13)14)20-15-21-11-8-10(16(17,18)19)5-6-12(11)25-15/h5-6,8-9H,2-4,7H2,1H3,(H,20,21). The molecule has 3 aromatic rings. The SMILES string of the molecule is CC(Nc1nc2cc(C(F)(F)F)ccc2s1)c1nnc2n1CCCC2. The molecule has 3 heterocycles. The number of benzene rings is 1. The van der Waals surface area contributed by atoms with Gasteiger partial charge in [0.05, 0.1) is 21.8 Å². The van der Waals surface area contributed by atoms with Gasteiger partial charge in [-0.1, -0.05) is 11.3 Å². The average Bonchev–Trinajstić information content (AvgIpc) is 3.16. The van der Waals surface area contributed by atoms with E-state index >= 15 is 0 Å². The van der Waals surface area contributed by atoms with Gasteiger partial charge in [0.1, 0.15) is 5.82 Å². The molecule has 0 spiro atoms. The number of halogens is 3. The minimum absolute atomic E-state index is 0.123. The van der Waals surface area contributed by atoms with Crippen molar-refractivity contribution in [2.75, 3.05) is 5.32 Å². The summed E-state index contributed by atoms with van der Waals surface area (Å²) >= 11 is 1.33. The maximum Gasteiger partial charge on any atom is 0.416 e. The van der Waals surface area contributed by atoms with Crippen molar-refractivity contribution in [3.63, 3.8) is 0 Å². The first-order valence-electron chi connectivity index (χ1n) is 8.08. The largest absolute Gasteiger partial charge is 0.416 e. The summed E-state index contributed by atoms with van der Waals surface area (Å²) in [4.78, 5) is 4.30. The Kier molecular flexibility index (Phi) is 3.90. The summed E-state index contributed by atoms with van der Waals surface area (Å²) in [5.41, 5.74) is -0.339. The lowest BCUT2D eigenvalue weighted by molar-refractivity contribution is -0.137. The summed E-state index contributed by atoms with van der Waals surface area (Å²) in [7, 11) is 0. The van der Waals surface area contributed by atoms with E-state index in [4.69, 9.17) is 0 Å². The molecular formula is C16H16F3N5S. The maximum absolute atomic E-state index is 12.8. The molecule has 1 aliphatic rings. The molecule has 5 nitrogen and oxygen atoms in total. The third-order valence-corrected chi connectivity index (χ3v) is 5.30. The maximum atomic E-state index is 12.8. The van der Waals surface area contributed by atoms with Gasteiger partial charge in [-0.15, -0.1) is 10.2 Å². The van der Waals surface area contributed by atoms with Crippen molar-refractivity contribution in [2.24, 2.45) is 0 Å². The normalized spacial score (nSPS) is 16.0. The van der Waals surface area contributed by atoms with Gasteiger partial charge in [-0.25, -0.2) is 4.98 Å². The Morgan fingerprint density at radius 2 is 2.08 bits per heavy atom. The molecule has 0 fully saturated rings. The fraction of sp³-hybridized carbons (Fsp3) is 0.438. The predicted molar refractivity (Wildman–Crippen MR) is 89.6 cm³/mol. The summed E-state index contributed by atoms with van der Waals surface area (Å²) < 4.78 is 41.3. The smallest absolute Gasteiger partial charge is 0.352 e. The fourth-order valence-corrected chi connectivity index (χ4v) is 4.00. The first kappa shape index (κ1) is 16.3. The molecule has 0 amide bonds. The van der Waals surface area contributed by atoms with Crippen LogP contribution in [-0.2, 0) is 19.1 Å². The number of rotatable bonds is 3. The first-order chi connectivity index (χ1) is 11.9. The van der Waals surface area contributed by atoms with Crippen LogP contribution in [0.25, 0.3) is 10.2 Å². The van der Waals surface area contributed by atoms with Crippen LogP contribution in [0.15, 0.2) is 18.2 Å². The molecule has 4 rings (SSSR count). The van der Waals surface area contributed by atoms with Gasteiger partial charge in [-0.2, -0.15) is 13.2 Å². The van der Waals surface area contributed by atoms with E-state index in [-0.39, 0.29) is 6.04 Å². The Morgan fingerprint density at radius 1 is 1.24 bits per heavy atom. The zero-order valence-corrected chi connectivity index (χ0v) is 14.3. The molecule has 0 saturated carbocycles. The molecule has 2 aromatic heterocycles. The zero-order chi connectivity index (χ0) is 17.6. The van der Waals surface area contributed by atoms with E-state index in [1.54, 1.807) is 0 Å². The summed E-state index contributed by atoms with van der Waals surface area (Å²) in [5.74, 6) is 1.83. The Morgan fingerprint density at radius 3 is 2.88 bits per heavy atom. The Bertz CT molecular complexity index is 914. The van der Waals surface area contributed by atoms with Gasteiger partial charge in [0.2, 0.25) is 0 Å². The van der Waals surface area contributed by atoms with E-state index < -0.39 is 11.7 Å². The van der Waals surface area contributed by atoms with Crippen LogP contribution in [0.2, 0.25) is 0 Å². The second-order valence-corrected chi connectivity index (χ2v) is 7.18. The third kappa shape index (κ3) is 3.08. The van der Waals surface area contributed by atoms with Gasteiger partial charge in [-0.05, 0) is 38.0 Å². The highest BCUT2D eigenvalue weighted by molar-refractivity contribution is 7.22. The fourth-order valence-electron chi connectivity index (χ4n) is 3.07. The number of nitrogens with zero attached hydrogens (tertiary/aromatic N) is 4. The average molecular weight is 367 g/mol. The van der Waals surface area contributed by atoms with E-state index in [1.807, 2.05) is 6.92 Å². The van der Waals surface area contributed by atoms with Gasteiger partial charge in [-0.3, -0.25) is 0 Å². The molecule has 1 aliphatic heterocycles. The van der Waals surface area contributed by atoms with Crippen LogP contribution in [0.4, 0.5) is 18.3 Å². The van der Waals surface area contributed by atoms with Crippen molar-refractivity contribution >= 4 is 26.7 Å². The lowest BCUT2D eigenvalue weighted by Crippen LogP contribution is -2.18. The summed E-state index contributed by atoms with van der Waals surface area (Å²) in [6.07, 6.45) is -1.20. The molecule has 1 atom stereocenters. The van der Waals surface area contributed by atoms with Gasteiger partial charge in [0.15, 0.2) is 11.0 Å². The first-order valence-corrected chi connectivity index (χ1v) is 8.90. The highest BCUT2D eigenvalue weighted by Gasteiger charge is 2.31. The van der Waals surface area contributed by atoms with E-state index in [9.17, 15) is 13.2 Å². The van der Waals surface area contributed by atoms with Crippen molar-refractivity contribution in [1.29, 1.82) is 0 Å².